The van der Waals surface area contributed by atoms with Crippen LogP contribution < -0.4 is 0 Å². The van der Waals surface area contributed by atoms with Crippen LogP contribution >= 0.6 is 0 Å². The summed E-state index contributed by atoms with van der Waals surface area (Å²) < 4.78 is 24.6. The first-order valence-electron chi connectivity index (χ1n) is 6.65. The summed E-state index contributed by atoms with van der Waals surface area (Å²) in [5, 5.41) is 0. The molecule has 0 atom stereocenters. The molecule has 2 aromatic rings. The van der Waals surface area contributed by atoms with E-state index < -0.39 is 9.84 Å². The Morgan fingerprint density at radius 1 is 0.714 bits per heavy atom. The van der Waals surface area contributed by atoms with E-state index in [1.54, 1.807) is 0 Å². The van der Waals surface area contributed by atoms with Gasteiger partial charge < -0.3 is 0 Å². The van der Waals surface area contributed by atoms with Gasteiger partial charge in [-0.25, -0.2) is 8.42 Å². The molecule has 2 aromatic carbocycles. The van der Waals surface area contributed by atoms with Crippen molar-refractivity contribution in [2.24, 2.45) is 0 Å². The summed E-state index contributed by atoms with van der Waals surface area (Å²) >= 11 is 0. The standard InChI is InChI=1S/C18H18O2S/c1-15(17-9-5-3-6-10-17)13-21(19,20)14-16(2)18-11-7-4-8-12-18/h3-12H,1-2,13-14H2. The zero-order valence-corrected chi connectivity index (χ0v) is 12.6. The van der Waals surface area contributed by atoms with Gasteiger partial charge >= 0.3 is 0 Å². The predicted octanol–water partition coefficient (Wildman–Crippen LogP) is 3.83. The molecule has 2 nitrogen and oxygen atoms in total. The SMILES string of the molecule is C=C(CS(=O)(=O)CC(=C)c1ccccc1)c1ccccc1. The lowest BCUT2D eigenvalue weighted by Gasteiger charge is -2.09. The highest BCUT2D eigenvalue weighted by Gasteiger charge is 2.16. The molecule has 0 aliphatic carbocycles. The van der Waals surface area contributed by atoms with Crippen LogP contribution in [0.1, 0.15) is 11.1 Å². The minimum Gasteiger partial charge on any atom is -0.228 e. The molecule has 0 fully saturated rings. The van der Waals surface area contributed by atoms with Crippen LogP contribution in [0, 0.1) is 0 Å². The third-order valence-corrected chi connectivity index (χ3v) is 4.73. The summed E-state index contributed by atoms with van der Waals surface area (Å²) in [4.78, 5) is 0. The third kappa shape index (κ3) is 4.43. The molecule has 0 amide bonds. The summed E-state index contributed by atoms with van der Waals surface area (Å²) in [7, 11) is -3.28. The first-order valence-corrected chi connectivity index (χ1v) is 8.47. The second-order valence-electron chi connectivity index (χ2n) is 4.97. The molecule has 0 aromatic heterocycles. The van der Waals surface area contributed by atoms with E-state index in [4.69, 9.17) is 0 Å². The smallest absolute Gasteiger partial charge is 0.158 e. The average Bonchev–Trinajstić information content (AvgIpc) is 2.48. The molecule has 21 heavy (non-hydrogen) atoms. The summed E-state index contributed by atoms with van der Waals surface area (Å²) in [5.74, 6) is -0.105. The van der Waals surface area contributed by atoms with E-state index in [2.05, 4.69) is 13.2 Å². The minimum atomic E-state index is -3.28. The fourth-order valence-corrected chi connectivity index (χ4v) is 3.59. The van der Waals surface area contributed by atoms with E-state index in [1.165, 1.54) is 0 Å². The van der Waals surface area contributed by atoms with Crippen molar-refractivity contribution in [2.45, 2.75) is 0 Å². The first kappa shape index (κ1) is 15.3. The molecule has 108 valence electrons. The van der Waals surface area contributed by atoms with Gasteiger partial charge in [0, 0.05) is 0 Å². The van der Waals surface area contributed by atoms with Crippen LogP contribution in [0.3, 0.4) is 0 Å². The molecule has 0 radical (unpaired) electrons. The minimum absolute atomic E-state index is 0.0527. The van der Waals surface area contributed by atoms with Gasteiger partial charge in [0.15, 0.2) is 9.84 Å². The Bertz CT molecular complexity index is 670. The average molecular weight is 298 g/mol. The van der Waals surface area contributed by atoms with Gasteiger partial charge in [-0.2, -0.15) is 0 Å². The number of benzene rings is 2. The molecule has 0 unspecified atom stereocenters. The van der Waals surface area contributed by atoms with Gasteiger partial charge in [0.05, 0.1) is 11.5 Å². The first-order chi connectivity index (χ1) is 9.98. The van der Waals surface area contributed by atoms with Crippen molar-refractivity contribution in [3.05, 3.63) is 84.9 Å². The van der Waals surface area contributed by atoms with Gasteiger partial charge in [-0.3, -0.25) is 0 Å². The maximum Gasteiger partial charge on any atom is 0.158 e. The normalized spacial score (nSPS) is 11.0. The lowest BCUT2D eigenvalue weighted by molar-refractivity contribution is 0.602. The lowest BCUT2D eigenvalue weighted by atomic mass is 10.1. The monoisotopic (exact) mass is 298 g/mol. The van der Waals surface area contributed by atoms with E-state index in [0.717, 1.165) is 11.1 Å². The van der Waals surface area contributed by atoms with Crippen LogP contribution in [0.5, 0.6) is 0 Å². The van der Waals surface area contributed by atoms with Gasteiger partial charge in [0.2, 0.25) is 0 Å². The summed E-state index contributed by atoms with van der Waals surface area (Å²) in [6.45, 7) is 7.76. The zero-order chi connectivity index (χ0) is 15.3. The summed E-state index contributed by atoms with van der Waals surface area (Å²) in [6.07, 6.45) is 0. The quantitative estimate of drug-likeness (QED) is 0.812. The van der Waals surface area contributed by atoms with E-state index in [9.17, 15) is 8.42 Å². The fourth-order valence-electron chi connectivity index (χ4n) is 2.10. The molecule has 0 spiro atoms. The van der Waals surface area contributed by atoms with Crippen LogP contribution in [0.25, 0.3) is 11.1 Å². The largest absolute Gasteiger partial charge is 0.228 e. The Labute approximate surface area is 126 Å². The van der Waals surface area contributed by atoms with Gasteiger partial charge in [0.25, 0.3) is 0 Å². The molecule has 3 heteroatoms. The van der Waals surface area contributed by atoms with Crippen LogP contribution in [-0.4, -0.2) is 19.9 Å². The molecule has 0 bridgehead atoms. The van der Waals surface area contributed by atoms with Crippen LogP contribution in [0.15, 0.2) is 73.8 Å². The predicted molar refractivity (Wildman–Crippen MR) is 89.6 cm³/mol. The van der Waals surface area contributed by atoms with Crippen LogP contribution in [0.2, 0.25) is 0 Å². The maximum atomic E-state index is 12.3. The van der Waals surface area contributed by atoms with Gasteiger partial charge in [-0.1, -0.05) is 73.8 Å². The molecule has 0 N–H and O–H groups in total. The topological polar surface area (TPSA) is 34.1 Å². The van der Waals surface area contributed by atoms with Crippen molar-refractivity contribution >= 4 is 21.0 Å². The second kappa shape index (κ2) is 6.55. The van der Waals surface area contributed by atoms with Crippen LogP contribution in [0.4, 0.5) is 0 Å². The molecule has 0 saturated heterocycles. The Hall–Kier alpha value is -2.13. The Morgan fingerprint density at radius 2 is 1.05 bits per heavy atom. The number of hydrogen-bond donors (Lipinski definition) is 0. The molecule has 0 aliphatic heterocycles. The zero-order valence-electron chi connectivity index (χ0n) is 11.8. The molecule has 2 rings (SSSR count). The van der Waals surface area contributed by atoms with Crippen molar-refractivity contribution in [1.82, 2.24) is 0 Å². The number of sulfone groups is 1. The fraction of sp³-hybridized carbons (Fsp3) is 0.111. The van der Waals surface area contributed by atoms with Crippen LogP contribution in [-0.2, 0) is 9.84 Å². The van der Waals surface area contributed by atoms with Crippen molar-refractivity contribution in [3.63, 3.8) is 0 Å². The highest BCUT2D eigenvalue weighted by Crippen LogP contribution is 2.19. The number of rotatable bonds is 6. The van der Waals surface area contributed by atoms with Crippen molar-refractivity contribution in [1.29, 1.82) is 0 Å². The maximum absolute atomic E-state index is 12.3. The highest BCUT2D eigenvalue weighted by molar-refractivity contribution is 7.92. The van der Waals surface area contributed by atoms with Crippen molar-refractivity contribution in [2.75, 3.05) is 11.5 Å². The molecule has 0 saturated carbocycles. The van der Waals surface area contributed by atoms with Gasteiger partial charge in [-0.15, -0.1) is 0 Å². The van der Waals surface area contributed by atoms with Gasteiger partial charge in [0.1, 0.15) is 0 Å². The Balaban J connectivity index is 2.06. The highest BCUT2D eigenvalue weighted by atomic mass is 32.2. The van der Waals surface area contributed by atoms with Gasteiger partial charge in [-0.05, 0) is 22.3 Å². The Morgan fingerprint density at radius 3 is 1.38 bits per heavy atom. The molecule has 0 heterocycles. The summed E-state index contributed by atoms with van der Waals surface area (Å²) in [5.41, 5.74) is 2.92. The lowest BCUT2D eigenvalue weighted by Crippen LogP contribution is -2.13. The molecular formula is C18H18O2S. The summed E-state index contributed by atoms with van der Waals surface area (Å²) in [6, 6.07) is 18.7. The van der Waals surface area contributed by atoms with Crippen molar-refractivity contribution in [3.8, 4) is 0 Å². The van der Waals surface area contributed by atoms with E-state index in [-0.39, 0.29) is 11.5 Å². The third-order valence-electron chi connectivity index (χ3n) is 3.15. The number of hydrogen-bond acceptors (Lipinski definition) is 2. The second-order valence-corrected chi connectivity index (χ2v) is 7.04. The van der Waals surface area contributed by atoms with E-state index in [1.807, 2.05) is 60.7 Å². The van der Waals surface area contributed by atoms with E-state index >= 15 is 0 Å². The van der Waals surface area contributed by atoms with E-state index in [0.29, 0.717) is 11.1 Å². The molecule has 0 aliphatic rings. The molecular weight excluding hydrogens is 280 g/mol. The Kier molecular flexibility index (Phi) is 4.76. The van der Waals surface area contributed by atoms with Crippen molar-refractivity contribution < 1.29 is 8.42 Å².